The predicted octanol–water partition coefficient (Wildman–Crippen LogP) is 2.92. The zero-order valence-electron chi connectivity index (χ0n) is 14.5. The van der Waals surface area contributed by atoms with Crippen molar-refractivity contribution in [3.63, 3.8) is 0 Å². The number of likely N-dealkylation sites (tertiary alicyclic amines) is 1. The Morgan fingerprint density at radius 1 is 1.37 bits per heavy atom. The Hall–Kier alpha value is -2.67. The first-order valence-electron chi connectivity index (χ1n) is 8.78. The minimum Gasteiger partial charge on any atom is -0.340 e. The van der Waals surface area contributed by atoms with Crippen LogP contribution in [-0.4, -0.2) is 38.4 Å². The molecule has 8 heteroatoms. The highest BCUT2D eigenvalue weighted by molar-refractivity contribution is 6.30. The van der Waals surface area contributed by atoms with Gasteiger partial charge in [-0.3, -0.25) is 14.3 Å². The molecule has 27 heavy (non-hydrogen) atoms. The number of halogens is 2. The molecule has 1 N–H and O–H groups in total. The number of benzene rings is 1. The van der Waals surface area contributed by atoms with Gasteiger partial charge in [-0.2, -0.15) is 0 Å². The number of fused-ring (bicyclic) bond motifs is 1. The first-order chi connectivity index (χ1) is 13.0. The van der Waals surface area contributed by atoms with E-state index < -0.39 is 5.82 Å². The summed E-state index contributed by atoms with van der Waals surface area (Å²) in [6, 6.07) is 5.82. The predicted molar refractivity (Wildman–Crippen MR) is 100 cm³/mol. The maximum absolute atomic E-state index is 13.5. The zero-order valence-corrected chi connectivity index (χ0v) is 15.2. The molecule has 3 aromatic rings. The van der Waals surface area contributed by atoms with Gasteiger partial charge in [0, 0.05) is 24.3 Å². The molecule has 2 aromatic heterocycles. The van der Waals surface area contributed by atoms with Gasteiger partial charge in [-0.05, 0) is 42.7 Å². The molecule has 6 nitrogen and oxygen atoms in total. The molecular weight excluding hydrogens is 371 g/mol. The van der Waals surface area contributed by atoms with Gasteiger partial charge in [-0.1, -0.05) is 11.6 Å². The molecule has 0 radical (unpaired) electrons. The van der Waals surface area contributed by atoms with E-state index >= 15 is 0 Å². The third-order valence-electron chi connectivity index (χ3n) is 4.91. The van der Waals surface area contributed by atoms with Gasteiger partial charge in [0.2, 0.25) is 5.91 Å². The summed E-state index contributed by atoms with van der Waals surface area (Å²) in [4.78, 5) is 33.7. The zero-order chi connectivity index (χ0) is 19.0. The fourth-order valence-corrected chi connectivity index (χ4v) is 3.98. The lowest BCUT2D eigenvalue weighted by Crippen LogP contribution is -2.43. The first-order valence-corrected chi connectivity index (χ1v) is 9.16. The number of carbonyl (C=O) groups is 1. The number of hydrogen-bond acceptors (Lipinski definition) is 3. The van der Waals surface area contributed by atoms with Crippen LogP contribution in [0.2, 0.25) is 5.02 Å². The number of nitrogens with one attached hydrogen (secondary N) is 1. The molecule has 0 spiro atoms. The van der Waals surface area contributed by atoms with Gasteiger partial charge < -0.3 is 9.88 Å². The molecule has 1 aliphatic rings. The quantitative estimate of drug-likeness (QED) is 0.750. The van der Waals surface area contributed by atoms with Gasteiger partial charge in [-0.25, -0.2) is 9.18 Å². The number of H-pyrrole nitrogens is 1. The summed E-state index contributed by atoms with van der Waals surface area (Å²) in [6.07, 6.45) is 4.95. The van der Waals surface area contributed by atoms with Crippen molar-refractivity contribution in [3.8, 4) is 0 Å². The largest absolute Gasteiger partial charge is 0.340 e. The van der Waals surface area contributed by atoms with Crippen molar-refractivity contribution in [2.75, 3.05) is 13.1 Å². The number of aromatic amines is 1. The van der Waals surface area contributed by atoms with Crippen molar-refractivity contribution in [2.24, 2.45) is 0 Å². The molecule has 140 valence electrons. The fraction of sp³-hybridized carbons (Fsp3) is 0.316. The minimum absolute atomic E-state index is 0.0803. The van der Waals surface area contributed by atoms with Crippen molar-refractivity contribution in [2.45, 2.75) is 25.3 Å². The van der Waals surface area contributed by atoms with E-state index in [-0.39, 0.29) is 29.1 Å². The Bertz CT molecular complexity index is 1040. The fourth-order valence-electron chi connectivity index (χ4n) is 3.73. The van der Waals surface area contributed by atoms with Crippen LogP contribution in [0.25, 0.3) is 11.0 Å². The molecule has 1 atom stereocenters. The molecule has 3 heterocycles. The average Bonchev–Trinajstić information content (AvgIpc) is 2.96. The lowest BCUT2D eigenvalue weighted by Gasteiger charge is -2.33. The van der Waals surface area contributed by atoms with Gasteiger partial charge >= 0.3 is 5.69 Å². The highest BCUT2D eigenvalue weighted by Gasteiger charge is 2.27. The number of imidazole rings is 1. The Morgan fingerprint density at radius 3 is 3.04 bits per heavy atom. The van der Waals surface area contributed by atoms with Crippen LogP contribution < -0.4 is 5.69 Å². The molecular formula is C19H18ClFN4O2. The van der Waals surface area contributed by atoms with E-state index in [4.69, 9.17) is 11.6 Å². The van der Waals surface area contributed by atoms with Crippen LogP contribution >= 0.6 is 11.6 Å². The van der Waals surface area contributed by atoms with Crippen LogP contribution in [0.3, 0.4) is 0 Å². The third-order valence-corrected chi connectivity index (χ3v) is 5.13. The van der Waals surface area contributed by atoms with E-state index in [2.05, 4.69) is 9.97 Å². The number of hydrogen-bond donors (Lipinski definition) is 1. The van der Waals surface area contributed by atoms with Crippen molar-refractivity contribution >= 4 is 28.5 Å². The molecule has 1 amide bonds. The van der Waals surface area contributed by atoms with Crippen molar-refractivity contribution in [1.82, 2.24) is 19.4 Å². The van der Waals surface area contributed by atoms with E-state index in [9.17, 15) is 14.0 Å². The Morgan fingerprint density at radius 2 is 2.22 bits per heavy atom. The van der Waals surface area contributed by atoms with Crippen molar-refractivity contribution in [1.29, 1.82) is 0 Å². The average molecular weight is 389 g/mol. The molecule has 0 unspecified atom stereocenters. The van der Waals surface area contributed by atoms with Crippen LogP contribution in [-0.2, 0) is 11.2 Å². The third kappa shape index (κ3) is 3.60. The summed E-state index contributed by atoms with van der Waals surface area (Å²) in [6.45, 7) is 1.06. The van der Waals surface area contributed by atoms with Crippen LogP contribution in [0.15, 0.2) is 41.5 Å². The van der Waals surface area contributed by atoms with Gasteiger partial charge in [0.25, 0.3) is 0 Å². The van der Waals surface area contributed by atoms with Gasteiger partial charge in [-0.15, -0.1) is 0 Å². The highest BCUT2D eigenvalue weighted by atomic mass is 35.5. The van der Waals surface area contributed by atoms with Crippen molar-refractivity contribution < 1.29 is 9.18 Å². The van der Waals surface area contributed by atoms with E-state index in [1.807, 2.05) is 0 Å². The lowest BCUT2D eigenvalue weighted by molar-refractivity contribution is -0.132. The van der Waals surface area contributed by atoms with Gasteiger partial charge in [0.1, 0.15) is 5.82 Å². The molecule has 1 aliphatic heterocycles. The second-order valence-electron chi connectivity index (χ2n) is 6.78. The van der Waals surface area contributed by atoms with Crippen LogP contribution in [0.1, 0.15) is 24.4 Å². The van der Waals surface area contributed by atoms with Crippen LogP contribution in [0.4, 0.5) is 4.39 Å². The molecule has 1 fully saturated rings. The van der Waals surface area contributed by atoms with E-state index in [1.165, 1.54) is 12.1 Å². The summed E-state index contributed by atoms with van der Waals surface area (Å²) >= 11 is 5.87. The Balaban J connectivity index is 1.54. The number of carbonyl (C=O) groups excluding carboxylic acids is 1. The smallest absolute Gasteiger partial charge is 0.326 e. The number of nitrogens with zero attached hydrogens (tertiary/aromatic N) is 3. The number of pyridine rings is 1. The molecule has 1 aromatic carbocycles. The first kappa shape index (κ1) is 17.7. The Labute approximate surface area is 159 Å². The summed E-state index contributed by atoms with van der Waals surface area (Å²) < 4.78 is 15.2. The Kier molecular flexibility index (Phi) is 4.70. The number of rotatable bonds is 3. The molecule has 0 bridgehead atoms. The number of aromatic nitrogens is 3. The molecule has 4 rings (SSSR count). The maximum atomic E-state index is 13.5. The summed E-state index contributed by atoms with van der Waals surface area (Å²) in [5.41, 5.74) is 1.81. The minimum atomic E-state index is -0.458. The summed E-state index contributed by atoms with van der Waals surface area (Å²) in [7, 11) is 0. The lowest BCUT2D eigenvalue weighted by atomic mass is 10.0. The van der Waals surface area contributed by atoms with Crippen LogP contribution in [0.5, 0.6) is 0 Å². The monoisotopic (exact) mass is 388 g/mol. The number of piperidine rings is 1. The standard InChI is InChI=1S/C19H18ClFN4O2/c20-13-6-12(7-14(21)9-13)8-18(26)24-5-1-2-15(11-24)25-17-3-4-22-10-16(17)23-19(25)27/h3-4,6-7,9-10,15H,1-2,5,8,11H2,(H,23,27)/t15-/m0/s1. The van der Waals surface area contributed by atoms with E-state index in [0.29, 0.717) is 24.2 Å². The molecule has 0 aliphatic carbocycles. The molecule has 0 saturated carbocycles. The van der Waals surface area contributed by atoms with Crippen LogP contribution in [0, 0.1) is 5.82 Å². The van der Waals surface area contributed by atoms with E-state index in [0.717, 1.165) is 18.4 Å². The normalized spacial score (nSPS) is 17.4. The highest BCUT2D eigenvalue weighted by Crippen LogP contribution is 2.24. The molecule has 1 saturated heterocycles. The maximum Gasteiger partial charge on any atom is 0.326 e. The number of amides is 1. The second-order valence-corrected chi connectivity index (χ2v) is 7.22. The summed E-state index contributed by atoms with van der Waals surface area (Å²) in [5.74, 6) is -0.559. The summed E-state index contributed by atoms with van der Waals surface area (Å²) in [5, 5.41) is 0.272. The topological polar surface area (TPSA) is 71.0 Å². The second kappa shape index (κ2) is 7.15. The van der Waals surface area contributed by atoms with Crippen molar-refractivity contribution in [3.05, 3.63) is 63.5 Å². The van der Waals surface area contributed by atoms with E-state index in [1.54, 1.807) is 34.0 Å². The van der Waals surface area contributed by atoms with Gasteiger partial charge in [0.15, 0.2) is 0 Å². The van der Waals surface area contributed by atoms with Gasteiger partial charge in [0.05, 0.1) is 29.7 Å². The SMILES string of the molecule is O=C(Cc1cc(F)cc(Cl)c1)N1CCC[C@H](n2c(=O)[nH]c3cnccc32)C1.